The van der Waals surface area contributed by atoms with Gasteiger partial charge >= 0.3 is 0 Å². The summed E-state index contributed by atoms with van der Waals surface area (Å²) in [5, 5.41) is 5.44. The molecule has 1 heterocycles. The average Bonchev–Trinajstić information content (AvgIpc) is 2.90. The lowest BCUT2D eigenvalue weighted by atomic mass is 9.49. The maximum Gasteiger partial charge on any atom is 0.253 e. The Morgan fingerprint density at radius 2 is 1.63 bits per heavy atom. The lowest BCUT2D eigenvalue weighted by molar-refractivity contribution is -0.0410. The van der Waals surface area contributed by atoms with Gasteiger partial charge in [-0.15, -0.1) is 0 Å². The molecule has 4 bridgehead atoms. The Morgan fingerprint density at radius 3 is 2.19 bits per heavy atom. The van der Waals surface area contributed by atoms with Gasteiger partial charge in [0.25, 0.3) is 5.91 Å². The number of rotatable bonds is 3. The third kappa shape index (κ3) is 2.96. The zero-order valence-corrected chi connectivity index (χ0v) is 17.4. The highest BCUT2D eigenvalue weighted by Gasteiger charge is 2.55. The van der Waals surface area contributed by atoms with Gasteiger partial charge in [-0.1, -0.05) is 23.4 Å². The quantitative estimate of drug-likeness (QED) is 0.618. The van der Waals surface area contributed by atoms with Crippen molar-refractivity contribution in [2.24, 2.45) is 23.2 Å². The van der Waals surface area contributed by atoms with Crippen molar-refractivity contribution in [2.75, 3.05) is 0 Å². The Hall–Kier alpha value is -1.26. The zero-order valence-electron chi connectivity index (χ0n) is 15.9. The number of hydrogen-bond acceptors (Lipinski definition) is 3. The van der Waals surface area contributed by atoms with E-state index in [0.717, 1.165) is 63.2 Å². The molecule has 6 rings (SSSR count). The maximum atomic E-state index is 13.7. The highest BCUT2D eigenvalue weighted by molar-refractivity contribution is 7.99. The first-order chi connectivity index (χ1) is 12.9. The van der Waals surface area contributed by atoms with Gasteiger partial charge in [-0.3, -0.25) is 4.79 Å². The van der Waals surface area contributed by atoms with Crippen molar-refractivity contribution in [1.82, 2.24) is 9.78 Å². The van der Waals surface area contributed by atoms with Gasteiger partial charge < -0.3 is 0 Å². The lowest BCUT2D eigenvalue weighted by Gasteiger charge is -2.55. The number of carbonyl (C=O) groups is 1. The van der Waals surface area contributed by atoms with Crippen LogP contribution >= 0.6 is 23.4 Å². The van der Waals surface area contributed by atoms with Crippen LogP contribution in [0.1, 0.15) is 54.7 Å². The van der Waals surface area contributed by atoms with E-state index < -0.39 is 0 Å². The van der Waals surface area contributed by atoms with Crippen LogP contribution in [-0.2, 0) is 0 Å². The molecule has 1 aromatic carbocycles. The number of halogens is 1. The molecule has 4 saturated carbocycles. The topological polar surface area (TPSA) is 34.9 Å². The van der Waals surface area contributed by atoms with E-state index in [1.807, 2.05) is 38.1 Å². The minimum absolute atomic E-state index is 0.153. The first kappa shape index (κ1) is 17.8. The van der Waals surface area contributed by atoms with Gasteiger partial charge in [-0.25, -0.2) is 4.68 Å². The molecule has 3 nitrogen and oxygen atoms in total. The van der Waals surface area contributed by atoms with Crippen LogP contribution in [0.5, 0.6) is 0 Å². The SMILES string of the molecule is Cc1nn(C(=O)C23CC4CC(CC(C4)C2)C3)c(C)c1Sc1ccc(Cl)cc1. The van der Waals surface area contributed by atoms with E-state index in [4.69, 9.17) is 16.7 Å². The standard InChI is InChI=1S/C22H25ClN2OS/c1-13-20(27-19-5-3-18(23)4-6-19)14(2)25(24-13)21(26)22-10-15-7-16(11-22)9-17(8-15)12-22/h3-6,15-17H,7-12H2,1-2H3. The fraction of sp³-hybridized carbons (Fsp3) is 0.545. The second kappa shape index (κ2) is 6.38. The Labute approximate surface area is 169 Å². The van der Waals surface area contributed by atoms with Gasteiger partial charge in [0.2, 0.25) is 0 Å². The molecular weight excluding hydrogens is 376 g/mol. The van der Waals surface area contributed by atoms with E-state index in [1.54, 1.807) is 16.4 Å². The fourth-order valence-corrected chi connectivity index (χ4v) is 7.25. The van der Waals surface area contributed by atoms with Crippen LogP contribution in [0, 0.1) is 37.0 Å². The van der Waals surface area contributed by atoms with E-state index in [2.05, 4.69) is 0 Å². The number of aromatic nitrogens is 2. The van der Waals surface area contributed by atoms with Gasteiger partial charge in [0.05, 0.1) is 21.7 Å². The molecule has 142 valence electrons. The van der Waals surface area contributed by atoms with Crippen molar-refractivity contribution in [1.29, 1.82) is 0 Å². The first-order valence-electron chi connectivity index (χ1n) is 9.98. The Balaban J connectivity index is 1.45. The highest BCUT2D eigenvalue weighted by atomic mass is 35.5. The molecule has 0 N–H and O–H groups in total. The summed E-state index contributed by atoms with van der Waals surface area (Å²) >= 11 is 7.67. The van der Waals surface area contributed by atoms with Crippen molar-refractivity contribution >= 4 is 29.3 Å². The number of hydrogen-bond donors (Lipinski definition) is 0. The number of carbonyl (C=O) groups excluding carboxylic acids is 1. The van der Waals surface area contributed by atoms with E-state index in [-0.39, 0.29) is 11.3 Å². The third-order valence-electron chi connectivity index (χ3n) is 6.94. The monoisotopic (exact) mass is 400 g/mol. The summed E-state index contributed by atoms with van der Waals surface area (Å²) in [5.74, 6) is 2.55. The second-order valence-electron chi connectivity index (χ2n) is 8.97. The number of aryl methyl sites for hydroxylation is 1. The molecule has 0 unspecified atom stereocenters. The summed E-state index contributed by atoms with van der Waals surface area (Å²) in [6.45, 7) is 4.05. The van der Waals surface area contributed by atoms with Crippen molar-refractivity contribution in [3.63, 3.8) is 0 Å². The van der Waals surface area contributed by atoms with Crippen molar-refractivity contribution < 1.29 is 4.79 Å². The van der Waals surface area contributed by atoms with Gasteiger partial charge in [0.15, 0.2) is 0 Å². The van der Waals surface area contributed by atoms with Crippen molar-refractivity contribution in [3.05, 3.63) is 40.7 Å². The largest absolute Gasteiger partial charge is 0.272 e. The molecule has 0 radical (unpaired) electrons. The van der Waals surface area contributed by atoms with Crippen molar-refractivity contribution in [3.8, 4) is 0 Å². The summed E-state index contributed by atoms with van der Waals surface area (Å²) in [5.41, 5.74) is 1.76. The molecule has 1 aromatic heterocycles. The summed E-state index contributed by atoms with van der Waals surface area (Å²) in [6.07, 6.45) is 7.28. The predicted octanol–water partition coefficient (Wildman–Crippen LogP) is 6.16. The van der Waals surface area contributed by atoms with Crippen LogP contribution in [0.3, 0.4) is 0 Å². The Morgan fingerprint density at radius 1 is 1.07 bits per heavy atom. The fourth-order valence-electron chi connectivity index (χ4n) is 6.19. The van der Waals surface area contributed by atoms with E-state index in [0.29, 0.717) is 0 Å². The molecule has 2 aromatic rings. The molecule has 4 aliphatic rings. The molecule has 5 heteroatoms. The number of benzene rings is 1. The number of nitrogens with zero attached hydrogens (tertiary/aromatic N) is 2. The lowest BCUT2D eigenvalue weighted by Crippen LogP contribution is -2.51. The van der Waals surface area contributed by atoms with Crippen LogP contribution in [-0.4, -0.2) is 15.7 Å². The molecule has 0 aliphatic heterocycles. The molecule has 4 fully saturated rings. The van der Waals surface area contributed by atoms with Gasteiger partial charge in [-0.05, 0) is 94.4 Å². The third-order valence-corrected chi connectivity index (χ3v) is 8.50. The minimum atomic E-state index is -0.153. The Bertz CT molecular complexity index is 866. The van der Waals surface area contributed by atoms with Crippen LogP contribution < -0.4 is 0 Å². The second-order valence-corrected chi connectivity index (χ2v) is 10.5. The zero-order chi connectivity index (χ0) is 18.8. The van der Waals surface area contributed by atoms with Crippen LogP contribution in [0.2, 0.25) is 5.02 Å². The molecule has 4 aliphatic carbocycles. The Kier molecular flexibility index (Phi) is 4.21. The minimum Gasteiger partial charge on any atom is -0.272 e. The summed E-state index contributed by atoms with van der Waals surface area (Å²) in [6, 6.07) is 7.84. The molecule has 0 atom stereocenters. The molecular formula is C22H25ClN2OS. The molecule has 0 amide bonds. The van der Waals surface area contributed by atoms with E-state index in [1.165, 1.54) is 19.3 Å². The van der Waals surface area contributed by atoms with Gasteiger partial charge in [0.1, 0.15) is 0 Å². The summed E-state index contributed by atoms with van der Waals surface area (Å²) in [4.78, 5) is 15.9. The van der Waals surface area contributed by atoms with Gasteiger partial charge in [-0.2, -0.15) is 5.10 Å². The molecule has 27 heavy (non-hydrogen) atoms. The predicted molar refractivity (Wildman–Crippen MR) is 109 cm³/mol. The van der Waals surface area contributed by atoms with Gasteiger partial charge in [0, 0.05) is 9.92 Å². The normalized spacial score (nSPS) is 31.4. The summed E-state index contributed by atoms with van der Waals surface area (Å²) < 4.78 is 1.74. The van der Waals surface area contributed by atoms with E-state index >= 15 is 0 Å². The maximum absolute atomic E-state index is 13.7. The van der Waals surface area contributed by atoms with E-state index in [9.17, 15) is 4.79 Å². The average molecular weight is 401 g/mol. The van der Waals surface area contributed by atoms with Crippen LogP contribution in [0.15, 0.2) is 34.1 Å². The molecule has 0 saturated heterocycles. The first-order valence-corrected chi connectivity index (χ1v) is 11.2. The van der Waals surface area contributed by atoms with Crippen LogP contribution in [0.25, 0.3) is 0 Å². The summed E-state index contributed by atoms with van der Waals surface area (Å²) in [7, 11) is 0. The highest BCUT2D eigenvalue weighted by Crippen LogP contribution is 2.60. The molecule has 0 spiro atoms. The van der Waals surface area contributed by atoms with Crippen molar-refractivity contribution in [2.45, 2.75) is 62.2 Å². The smallest absolute Gasteiger partial charge is 0.253 e. The van der Waals surface area contributed by atoms with Crippen LogP contribution in [0.4, 0.5) is 0 Å².